The second-order valence-electron chi connectivity index (χ2n) is 0. The molecule has 0 aliphatic carbocycles. The van der Waals surface area contributed by atoms with Gasteiger partial charge in [0.15, 0.2) is 0 Å². The van der Waals surface area contributed by atoms with Gasteiger partial charge in [-0.1, -0.05) is 0 Å². The molecular weight excluding hydrogens is 161 g/mol. The molecule has 0 amide bonds. The normalized spacial score (nSPS) is 0. The predicted octanol–water partition coefficient (Wildman–Crippen LogP) is 0.163. The number of nitrogens with zero attached hydrogens (tertiary/aromatic N) is 1. The van der Waals surface area contributed by atoms with Gasteiger partial charge in [-0.25, -0.2) is 0 Å². The van der Waals surface area contributed by atoms with Crippen molar-refractivity contribution in [2.24, 2.45) is 0 Å². The maximum absolute atomic E-state index is 0. The molecule has 4 heavy (non-hydrogen) atoms. The Kier molecular flexibility index (Phi) is 380. The Labute approximate surface area is 53.6 Å². The van der Waals surface area contributed by atoms with Crippen LogP contribution in [0.25, 0.3) is 0 Å². The fourth-order valence-corrected chi connectivity index (χ4v) is 0. The molecule has 6 radical (unpaired) electrons. The summed E-state index contributed by atoms with van der Waals surface area (Å²) in [5.74, 6) is 0. The number of hydrogen-bond donors (Lipinski definition) is 0. The van der Waals surface area contributed by atoms with Crippen molar-refractivity contribution in [3.05, 3.63) is 0 Å². The van der Waals surface area contributed by atoms with Gasteiger partial charge >= 0.3 is 0 Å². The van der Waals surface area contributed by atoms with E-state index in [1.54, 1.807) is 0 Å². The van der Waals surface area contributed by atoms with E-state index in [0.717, 1.165) is 0 Å². The molecule has 0 atom stereocenters. The van der Waals surface area contributed by atoms with Crippen molar-refractivity contribution >= 4 is 13.5 Å². The largest absolute Gasteiger partial charge is 0 e. The molecule has 4 heteroatoms. The van der Waals surface area contributed by atoms with Gasteiger partial charge in [0, 0.05) is 53.5 Å². The summed E-state index contributed by atoms with van der Waals surface area (Å²) >= 11 is 0. The van der Waals surface area contributed by atoms with Gasteiger partial charge in [-0.15, -0.1) is 0 Å². The number of rotatable bonds is 0. The van der Waals surface area contributed by atoms with Gasteiger partial charge in [-0.05, 0) is 0 Å². The molecule has 0 aromatic rings. The Balaban J connectivity index is 0. The molecule has 0 aromatic heterocycles. The third kappa shape index (κ3) is 10.2. The van der Waals surface area contributed by atoms with Crippen LogP contribution in [0.15, 0.2) is 0 Å². The average molecular weight is 161 g/mol. The van der Waals surface area contributed by atoms with Crippen molar-refractivity contribution in [1.29, 1.82) is 0 Å². The fourth-order valence-electron chi connectivity index (χ4n) is 0. The first-order valence-corrected chi connectivity index (χ1v) is 0. The summed E-state index contributed by atoms with van der Waals surface area (Å²) < 4.78 is 0. The van der Waals surface area contributed by atoms with E-state index in [4.69, 9.17) is 0 Å². The van der Waals surface area contributed by atoms with Crippen LogP contribution in [-0.2, 0) is 33.8 Å². The average Bonchev–Trinajstić information content (AvgIpc) is 0. The van der Waals surface area contributed by atoms with Crippen molar-refractivity contribution in [3.8, 4) is 0 Å². The van der Waals surface area contributed by atoms with Gasteiger partial charge < -0.3 is 0 Å². The quantitative estimate of drug-likeness (QED) is 0.453. The second-order valence-corrected chi connectivity index (χ2v) is 0. The molecule has 28 valence electrons. The smallest absolute Gasteiger partial charge is 0 e. The molecule has 0 heterocycles. The molecule has 1 nitrogen and oxygen atoms in total. The maximum atomic E-state index is 0. The van der Waals surface area contributed by atoms with Crippen LogP contribution < -0.4 is 6.15 Å². The standard InChI is InChI=1S/Co.Fe.N.S. The van der Waals surface area contributed by atoms with Crippen molar-refractivity contribution in [2.45, 2.75) is 0 Å². The predicted molar refractivity (Wildman–Crippen MR) is 9.72 cm³/mol. The van der Waals surface area contributed by atoms with Gasteiger partial charge in [0.1, 0.15) is 0 Å². The Morgan fingerprint density at radius 1 is 1.00 bits per heavy atom. The monoisotopic (exact) mass is 161 g/mol. The summed E-state index contributed by atoms with van der Waals surface area (Å²) in [6.07, 6.45) is 0. The zero-order valence-electron chi connectivity index (χ0n) is 1.54. The third-order valence-electron chi connectivity index (χ3n) is 0. The van der Waals surface area contributed by atoms with Crippen LogP contribution in [0.1, 0.15) is 0 Å². The summed E-state index contributed by atoms with van der Waals surface area (Å²) in [5, 5.41) is 0. The Hall–Kier alpha value is 1.34. The minimum atomic E-state index is 0. The zero-order valence-corrected chi connectivity index (χ0v) is 4.50. The third-order valence-corrected chi connectivity index (χ3v) is 0. The molecular formula is CoFeNS. The van der Waals surface area contributed by atoms with Crippen molar-refractivity contribution < 1.29 is 33.8 Å². The minimum Gasteiger partial charge on any atom is 0 e. The molecule has 0 aliphatic heterocycles. The van der Waals surface area contributed by atoms with E-state index in [1.807, 2.05) is 0 Å². The minimum absolute atomic E-state index is 0. The van der Waals surface area contributed by atoms with Gasteiger partial charge in [-0.3, -0.25) is 0 Å². The van der Waals surface area contributed by atoms with Crippen LogP contribution >= 0.6 is 13.5 Å². The molecule has 0 aliphatic rings. The molecule has 0 saturated heterocycles. The molecule has 0 saturated carbocycles. The van der Waals surface area contributed by atoms with Crippen LogP contribution in [-0.4, -0.2) is 0 Å². The van der Waals surface area contributed by atoms with E-state index in [2.05, 4.69) is 0 Å². The van der Waals surface area contributed by atoms with Crippen LogP contribution in [0.5, 0.6) is 0 Å². The van der Waals surface area contributed by atoms with E-state index in [1.165, 1.54) is 0 Å². The van der Waals surface area contributed by atoms with Crippen molar-refractivity contribution in [2.75, 3.05) is 0 Å². The first-order valence-electron chi connectivity index (χ1n) is 0. The Morgan fingerprint density at radius 3 is 1.00 bits per heavy atom. The SMILES string of the molecule is [Co].[Fe].[N].[S]. The Morgan fingerprint density at radius 2 is 1.00 bits per heavy atom. The zero-order chi connectivity index (χ0) is 0. The topological polar surface area (TPSA) is 30.5 Å². The number of hydrogen-bond acceptors (Lipinski definition) is 0. The molecule has 0 rings (SSSR count). The molecule has 0 fully saturated rings. The summed E-state index contributed by atoms with van der Waals surface area (Å²) in [4.78, 5) is 0. The first kappa shape index (κ1) is 56.2. The first-order chi connectivity index (χ1) is 0. The molecule has 0 spiro atoms. The molecule has 0 N–H and O–H groups in total. The van der Waals surface area contributed by atoms with E-state index in [9.17, 15) is 0 Å². The van der Waals surface area contributed by atoms with Crippen molar-refractivity contribution in [3.63, 3.8) is 0 Å². The fraction of sp³-hybridized carbons (Fsp3) is 0. The van der Waals surface area contributed by atoms with Gasteiger partial charge in [0.05, 0.1) is 0 Å². The van der Waals surface area contributed by atoms with Crippen LogP contribution in [0.3, 0.4) is 0 Å². The summed E-state index contributed by atoms with van der Waals surface area (Å²) in [6, 6.07) is 0. The van der Waals surface area contributed by atoms with E-state index >= 15 is 0 Å². The maximum Gasteiger partial charge on any atom is 0 e. The van der Waals surface area contributed by atoms with Crippen LogP contribution in [0, 0.1) is 0 Å². The van der Waals surface area contributed by atoms with Gasteiger partial charge in [0.2, 0.25) is 0 Å². The summed E-state index contributed by atoms with van der Waals surface area (Å²) in [6.45, 7) is 0. The molecule has 0 bridgehead atoms. The van der Waals surface area contributed by atoms with Crippen molar-refractivity contribution in [1.82, 2.24) is 6.15 Å². The van der Waals surface area contributed by atoms with Gasteiger partial charge in [0.25, 0.3) is 0 Å². The molecule has 0 unspecified atom stereocenters. The van der Waals surface area contributed by atoms with Crippen LogP contribution in [0.4, 0.5) is 0 Å². The summed E-state index contributed by atoms with van der Waals surface area (Å²) in [7, 11) is 0. The molecule has 0 aromatic carbocycles. The second kappa shape index (κ2) is 27.0. The van der Waals surface area contributed by atoms with E-state index in [-0.39, 0.29) is 53.5 Å². The van der Waals surface area contributed by atoms with Crippen LogP contribution in [0.2, 0.25) is 0 Å². The van der Waals surface area contributed by atoms with Gasteiger partial charge in [-0.2, -0.15) is 0 Å². The Bertz CT molecular complexity index is 8.00. The van der Waals surface area contributed by atoms with E-state index < -0.39 is 0 Å². The summed E-state index contributed by atoms with van der Waals surface area (Å²) in [5.41, 5.74) is 0. The van der Waals surface area contributed by atoms with E-state index in [0.29, 0.717) is 0 Å².